The Hall–Kier alpha value is -5.50. The molecule has 280 valence electrons. The number of amides is 4. The van der Waals surface area contributed by atoms with Gasteiger partial charge >= 0.3 is 11.9 Å². The van der Waals surface area contributed by atoms with Crippen LogP contribution in [-0.4, -0.2) is 74.1 Å². The highest BCUT2D eigenvalue weighted by Gasteiger charge is 2.32. The number of methoxy groups -OCH3 is 2. The highest BCUT2D eigenvalue weighted by molar-refractivity contribution is 5.97. The number of rotatable bonds is 22. The predicted octanol–water partition coefficient (Wildman–Crippen LogP) is 4.54. The Bertz CT molecular complexity index is 1610. The van der Waals surface area contributed by atoms with Crippen molar-refractivity contribution >= 4 is 36.1 Å². The third-order valence-corrected chi connectivity index (χ3v) is 8.42. The number of esters is 2. The van der Waals surface area contributed by atoms with Crippen molar-refractivity contribution in [3.63, 3.8) is 0 Å². The molecule has 0 aliphatic rings. The van der Waals surface area contributed by atoms with E-state index in [0.717, 1.165) is 24.8 Å². The summed E-state index contributed by atoms with van der Waals surface area (Å²) in [6.07, 6.45) is 4.22. The first-order valence-electron chi connectivity index (χ1n) is 17.3. The van der Waals surface area contributed by atoms with Crippen LogP contribution in [0.2, 0.25) is 0 Å². The molecule has 14 nitrogen and oxygen atoms in total. The molecule has 3 aromatic rings. The lowest BCUT2D eigenvalue weighted by Crippen LogP contribution is -2.48. The van der Waals surface area contributed by atoms with Crippen molar-refractivity contribution in [2.45, 2.75) is 77.5 Å². The molecule has 0 saturated carbocycles. The molecule has 0 spiro atoms. The van der Waals surface area contributed by atoms with Crippen LogP contribution < -0.4 is 16.0 Å². The molecule has 1 heterocycles. The van der Waals surface area contributed by atoms with Gasteiger partial charge in [0.1, 0.15) is 18.4 Å². The minimum Gasteiger partial charge on any atom is -0.469 e. The lowest BCUT2D eigenvalue weighted by molar-refractivity contribution is -0.200. The van der Waals surface area contributed by atoms with Gasteiger partial charge in [0, 0.05) is 17.5 Å². The molecule has 1 aromatic heterocycles. The second kappa shape index (κ2) is 21.7. The number of hydroxylamine groups is 2. The van der Waals surface area contributed by atoms with Crippen LogP contribution in [0.3, 0.4) is 0 Å². The highest BCUT2D eigenvalue weighted by Crippen LogP contribution is 2.24. The molecule has 0 unspecified atom stereocenters. The molecule has 0 aliphatic carbocycles. The van der Waals surface area contributed by atoms with E-state index in [1.54, 1.807) is 18.2 Å². The zero-order valence-electron chi connectivity index (χ0n) is 30.1. The Morgan fingerprint density at radius 2 is 1.58 bits per heavy atom. The molecule has 0 bridgehead atoms. The van der Waals surface area contributed by atoms with E-state index in [1.165, 1.54) is 37.5 Å². The van der Waals surface area contributed by atoms with Crippen LogP contribution in [-0.2, 0) is 40.1 Å². The van der Waals surface area contributed by atoms with E-state index in [-0.39, 0.29) is 43.3 Å². The van der Waals surface area contributed by atoms with Crippen molar-refractivity contribution in [2.24, 2.45) is 5.92 Å². The van der Waals surface area contributed by atoms with Crippen molar-refractivity contribution in [3.05, 3.63) is 83.6 Å². The van der Waals surface area contributed by atoms with Gasteiger partial charge in [-0.05, 0) is 49.1 Å². The van der Waals surface area contributed by atoms with Gasteiger partial charge in [0.15, 0.2) is 5.76 Å². The minimum atomic E-state index is -1.04. The molecule has 3 N–H and O–H groups in total. The summed E-state index contributed by atoms with van der Waals surface area (Å²) in [4.78, 5) is 80.7. The number of ether oxygens (including phenoxy) is 2. The Labute approximate surface area is 303 Å². The van der Waals surface area contributed by atoms with E-state index < -0.39 is 41.8 Å². The van der Waals surface area contributed by atoms with Gasteiger partial charge in [0.25, 0.3) is 11.8 Å². The summed E-state index contributed by atoms with van der Waals surface area (Å²) in [5.41, 5.74) is 1.71. The maximum atomic E-state index is 13.4. The molecule has 4 amide bonds. The van der Waals surface area contributed by atoms with Crippen molar-refractivity contribution in [3.8, 4) is 11.3 Å². The molecule has 0 fully saturated rings. The number of hydrogen-bond acceptors (Lipinski definition) is 10. The fourth-order valence-corrected chi connectivity index (χ4v) is 5.51. The van der Waals surface area contributed by atoms with E-state index in [0.29, 0.717) is 30.6 Å². The van der Waals surface area contributed by atoms with Crippen LogP contribution in [0.15, 0.2) is 71.1 Å². The minimum absolute atomic E-state index is 0.00460. The maximum Gasteiger partial charge on any atom is 0.328 e. The van der Waals surface area contributed by atoms with Crippen LogP contribution in [0.25, 0.3) is 11.3 Å². The van der Waals surface area contributed by atoms with Crippen LogP contribution in [0, 0.1) is 5.92 Å². The van der Waals surface area contributed by atoms with Gasteiger partial charge in [-0.1, -0.05) is 75.6 Å². The largest absolute Gasteiger partial charge is 0.469 e. The molecular formula is C38H48N4O10. The summed E-state index contributed by atoms with van der Waals surface area (Å²) in [5, 5.41) is 9.20. The first-order chi connectivity index (χ1) is 25.1. The smallest absolute Gasteiger partial charge is 0.328 e. The summed E-state index contributed by atoms with van der Waals surface area (Å²) < 4.78 is 15.1. The van der Waals surface area contributed by atoms with Crippen molar-refractivity contribution < 1.29 is 47.5 Å². The lowest BCUT2D eigenvalue weighted by atomic mass is 9.90. The van der Waals surface area contributed by atoms with Crippen LogP contribution in [0.5, 0.6) is 0 Å². The van der Waals surface area contributed by atoms with E-state index in [4.69, 9.17) is 14.0 Å². The number of nitrogens with zero attached hydrogens (tertiary/aromatic N) is 1. The topological polar surface area (TPSA) is 183 Å². The molecule has 3 rings (SSSR count). The summed E-state index contributed by atoms with van der Waals surface area (Å²) in [5.74, 6) is -2.85. The third-order valence-electron chi connectivity index (χ3n) is 8.42. The Balaban J connectivity index is 1.58. The van der Waals surface area contributed by atoms with Crippen LogP contribution in [0.1, 0.15) is 85.3 Å². The number of hydrogen-bond donors (Lipinski definition) is 3. The average molecular weight is 721 g/mol. The Kier molecular flexibility index (Phi) is 17.0. The fourth-order valence-electron chi connectivity index (χ4n) is 5.51. The zero-order chi connectivity index (χ0) is 37.9. The van der Waals surface area contributed by atoms with Crippen molar-refractivity contribution in [1.82, 2.24) is 21.0 Å². The van der Waals surface area contributed by atoms with Gasteiger partial charge < -0.3 is 29.8 Å². The van der Waals surface area contributed by atoms with Gasteiger partial charge in [-0.3, -0.25) is 28.8 Å². The fraction of sp³-hybridized carbons (Fsp3) is 0.421. The van der Waals surface area contributed by atoms with Crippen molar-refractivity contribution in [2.75, 3.05) is 20.9 Å². The second-order valence-corrected chi connectivity index (χ2v) is 11.9. The van der Waals surface area contributed by atoms with Gasteiger partial charge in [0.05, 0.1) is 32.8 Å². The number of carbonyl (C=O) groups is 6. The molecular weight excluding hydrogens is 672 g/mol. The number of benzene rings is 2. The first kappa shape index (κ1) is 40.9. The molecule has 0 saturated heterocycles. The van der Waals surface area contributed by atoms with E-state index in [1.807, 2.05) is 37.3 Å². The third kappa shape index (κ3) is 12.4. The number of unbranched alkanes of at least 4 members (excludes halogenated alkanes) is 2. The average Bonchev–Trinajstić information content (AvgIpc) is 3.67. The summed E-state index contributed by atoms with van der Waals surface area (Å²) in [6, 6.07) is 17.2. The highest BCUT2D eigenvalue weighted by atomic mass is 16.7. The molecule has 14 heteroatoms. The van der Waals surface area contributed by atoms with Crippen LogP contribution in [0.4, 0.5) is 0 Å². The SMILES string of the molecule is CCCCC[C@@H](C(=O)NCNC(=O)c1ccc(-c2ccc(C(=O)N[C@@H](CCC(=O)OC)C(=O)OC)cc2)o1)[C@@H](CC)N(C=O)OCc1ccccc1. The van der Waals surface area contributed by atoms with E-state index in [9.17, 15) is 28.8 Å². The summed E-state index contributed by atoms with van der Waals surface area (Å²) in [6.45, 7) is 3.97. The van der Waals surface area contributed by atoms with Gasteiger partial charge in [0.2, 0.25) is 12.3 Å². The number of carbonyl (C=O) groups excluding carboxylic acids is 6. The monoisotopic (exact) mass is 720 g/mol. The maximum absolute atomic E-state index is 13.4. The predicted molar refractivity (Wildman–Crippen MR) is 190 cm³/mol. The molecule has 0 aliphatic heterocycles. The van der Waals surface area contributed by atoms with Crippen LogP contribution >= 0.6 is 0 Å². The van der Waals surface area contributed by atoms with Gasteiger partial charge in [-0.15, -0.1) is 0 Å². The number of nitrogens with one attached hydrogen (secondary N) is 3. The normalized spacial score (nSPS) is 12.5. The molecule has 52 heavy (non-hydrogen) atoms. The molecule has 2 aromatic carbocycles. The lowest BCUT2D eigenvalue weighted by Gasteiger charge is -2.32. The summed E-state index contributed by atoms with van der Waals surface area (Å²) >= 11 is 0. The second-order valence-electron chi connectivity index (χ2n) is 11.9. The molecule has 0 radical (unpaired) electrons. The molecule has 3 atom stereocenters. The summed E-state index contributed by atoms with van der Waals surface area (Å²) in [7, 11) is 2.41. The van der Waals surface area contributed by atoms with Gasteiger partial charge in [-0.2, -0.15) is 0 Å². The Morgan fingerprint density at radius 3 is 2.21 bits per heavy atom. The van der Waals surface area contributed by atoms with E-state index in [2.05, 4.69) is 27.6 Å². The first-order valence-corrected chi connectivity index (χ1v) is 17.3. The van der Waals surface area contributed by atoms with E-state index >= 15 is 0 Å². The quantitative estimate of drug-likeness (QED) is 0.0438. The Morgan fingerprint density at radius 1 is 0.846 bits per heavy atom. The number of furan rings is 1. The van der Waals surface area contributed by atoms with Gasteiger partial charge in [-0.25, -0.2) is 9.86 Å². The van der Waals surface area contributed by atoms with Crippen molar-refractivity contribution in [1.29, 1.82) is 0 Å². The standard InChI is InChI=1S/C38H48N4O10/c1-5-7-9-14-29(31(6-2)42(25-43)51-23-26-12-10-8-11-13-26)36(46)39-24-40-37(47)33-21-20-32(52-33)27-15-17-28(18-16-27)35(45)41-30(38(48)50-4)19-22-34(44)49-3/h8,10-13,15-18,20-21,25,29-31H,5-7,9,14,19,22-24H2,1-4H3,(H,39,46)(H,40,47)(H,41,45)/t29-,30+,31-/m1/s1. The zero-order valence-corrected chi connectivity index (χ0v) is 30.1.